The van der Waals surface area contributed by atoms with E-state index in [0.717, 1.165) is 108 Å². The first kappa shape index (κ1) is 39.0. The number of carbonyl (C=O) groups is 2. The highest BCUT2D eigenvalue weighted by Crippen LogP contribution is 2.37. The number of rotatable bonds is 13. The van der Waals surface area contributed by atoms with Gasteiger partial charge in [-0.25, -0.2) is 9.97 Å². The molecular weight excluding hydrogens is 721 g/mol. The highest BCUT2D eigenvalue weighted by Gasteiger charge is 2.39. The van der Waals surface area contributed by atoms with Gasteiger partial charge in [-0.1, -0.05) is 123 Å². The number of aromatic amines is 2. The van der Waals surface area contributed by atoms with Crippen LogP contribution >= 0.6 is 0 Å². The fourth-order valence-corrected chi connectivity index (χ4v) is 8.74. The van der Waals surface area contributed by atoms with Crippen molar-refractivity contribution in [1.29, 1.82) is 0 Å². The first-order chi connectivity index (χ1) is 28.3. The number of hydrogen-bond acceptors (Lipinski definition) is 6. The zero-order valence-corrected chi connectivity index (χ0v) is 34.0. The smallest absolute Gasteiger partial charge is 0.245 e. The van der Waals surface area contributed by atoms with Crippen LogP contribution in [-0.2, 0) is 9.59 Å². The van der Waals surface area contributed by atoms with Crippen LogP contribution in [0.5, 0.6) is 0 Å². The molecule has 2 N–H and O–H groups in total. The molecule has 0 aliphatic carbocycles. The molecule has 0 saturated carbocycles. The van der Waals surface area contributed by atoms with E-state index in [1.807, 2.05) is 97.0 Å². The van der Waals surface area contributed by atoms with Crippen LogP contribution in [0, 0.1) is 0 Å². The molecule has 4 heterocycles. The number of likely N-dealkylation sites (tertiary alicyclic amines) is 2. The van der Waals surface area contributed by atoms with Gasteiger partial charge in [-0.2, -0.15) is 0 Å². The molecule has 0 unspecified atom stereocenters. The molecule has 0 radical (unpaired) electrons. The summed E-state index contributed by atoms with van der Waals surface area (Å²) in [5.74, 6) is 1.92. The number of H-pyrrole nitrogens is 2. The molecule has 2 saturated heterocycles. The van der Waals surface area contributed by atoms with Crippen molar-refractivity contribution < 1.29 is 9.59 Å². The monoisotopic (exact) mass is 774 g/mol. The van der Waals surface area contributed by atoms with E-state index in [2.05, 4.69) is 82.1 Å². The number of aromatic nitrogens is 4. The molecule has 0 bridgehead atoms. The number of carbonyl (C=O) groups excluding carboxylic acids is 2. The third-order valence-corrected chi connectivity index (χ3v) is 12.2. The van der Waals surface area contributed by atoms with Gasteiger partial charge in [-0.3, -0.25) is 19.4 Å². The summed E-state index contributed by atoms with van der Waals surface area (Å²) in [6.45, 7) is 7.18. The van der Waals surface area contributed by atoms with Crippen molar-refractivity contribution in [3.63, 3.8) is 0 Å². The lowest BCUT2D eigenvalue weighted by Crippen LogP contribution is -2.41. The summed E-state index contributed by atoms with van der Waals surface area (Å²) in [6, 6.07) is 36.4. The van der Waals surface area contributed by atoms with E-state index >= 15 is 0 Å². The third kappa shape index (κ3) is 7.86. The predicted molar refractivity (Wildman–Crippen MR) is 229 cm³/mol. The molecule has 58 heavy (non-hydrogen) atoms. The molecule has 2 aliphatic rings. The Morgan fingerprint density at radius 2 is 0.948 bits per heavy atom. The van der Waals surface area contributed by atoms with Crippen molar-refractivity contribution in [3.8, 4) is 33.6 Å². The maximum Gasteiger partial charge on any atom is 0.245 e. The number of likely N-dealkylation sites (N-methyl/N-ethyl adjacent to an activating group) is 2. The van der Waals surface area contributed by atoms with Crippen LogP contribution in [0.1, 0.15) is 86.5 Å². The van der Waals surface area contributed by atoms with Gasteiger partial charge in [-0.05, 0) is 86.2 Å². The Balaban J connectivity index is 0.932. The second kappa shape index (κ2) is 17.3. The predicted octanol–water partition coefficient (Wildman–Crippen LogP) is 8.85. The molecule has 6 aromatic rings. The second-order valence-electron chi connectivity index (χ2n) is 15.7. The Morgan fingerprint density at radius 3 is 1.31 bits per heavy atom. The minimum atomic E-state index is -0.328. The molecule has 4 atom stereocenters. The summed E-state index contributed by atoms with van der Waals surface area (Å²) in [5.41, 5.74) is 8.23. The summed E-state index contributed by atoms with van der Waals surface area (Å²) in [7, 11) is 4.03. The van der Waals surface area contributed by atoms with E-state index in [1.165, 1.54) is 0 Å². The average Bonchev–Trinajstić information content (AvgIpc) is 4.12. The zero-order chi connectivity index (χ0) is 40.2. The van der Waals surface area contributed by atoms with Crippen molar-refractivity contribution in [2.75, 3.05) is 40.3 Å². The first-order valence-electron chi connectivity index (χ1n) is 20.8. The molecule has 10 heteroatoms. The molecule has 10 nitrogen and oxygen atoms in total. The quantitative estimate of drug-likeness (QED) is 0.122. The van der Waals surface area contributed by atoms with Crippen molar-refractivity contribution >= 4 is 11.8 Å². The van der Waals surface area contributed by atoms with Gasteiger partial charge in [0.05, 0.1) is 35.9 Å². The normalized spacial score (nSPS) is 18.0. The lowest BCUT2D eigenvalue weighted by atomic mass is 10.0. The van der Waals surface area contributed by atoms with E-state index in [9.17, 15) is 9.59 Å². The molecule has 2 aromatic heterocycles. The first-order valence-corrected chi connectivity index (χ1v) is 20.8. The maximum absolute atomic E-state index is 14.1. The largest absolute Gasteiger partial charge is 0.340 e. The van der Waals surface area contributed by atoms with Gasteiger partial charge in [0.15, 0.2) is 0 Å². The number of amides is 2. The zero-order valence-electron chi connectivity index (χ0n) is 34.0. The molecular formula is C48H54N8O2. The molecule has 0 spiro atoms. The van der Waals surface area contributed by atoms with E-state index in [1.54, 1.807) is 0 Å². The summed E-state index contributed by atoms with van der Waals surface area (Å²) in [5, 5.41) is 0. The average molecular weight is 775 g/mol. The Hall–Kier alpha value is -5.84. The van der Waals surface area contributed by atoms with Gasteiger partial charge >= 0.3 is 0 Å². The number of imidazole rings is 2. The van der Waals surface area contributed by atoms with Crippen molar-refractivity contribution in [1.82, 2.24) is 39.5 Å². The molecule has 4 aromatic carbocycles. The summed E-state index contributed by atoms with van der Waals surface area (Å²) in [4.78, 5) is 53.2. The van der Waals surface area contributed by atoms with Gasteiger partial charge < -0.3 is 19.8 Å². The SMILES string of the molecule is CCN(C)[C@@H](C(=O)N1CCC[C@H]1c1ncc(-c2ccc(-c3ccc(-c4cnc([C@@H]5CCCN5C(=O)[C@@H](c5ccccc5)N(C)CC)[nH]4)cc3)cc2)[nH]1)c1ccccc1. The third-order valence-electron chi connectivity index (χ3n) is 12.2. The van der Waals surface area contributed by atoms with Crippen molar-refractivity contribution in [2.24, 2.45) is 0 Å². The van der Waals surface area contributed by atoms with Gasteiger partial charge in [0.2, 0.25) is 11.8 Å². The summed E-state index contributed by atoms with van der Waals surface area (Å²) < 4.78 is 0. The van der Waals surface area contributed by atoms with Crippen LogP contribution in [-0.4, -0.2) is 91.6 Å². The van der Waals surface area contributed by atoms with Gasteiger partial charge in [-0.15, -0.1) is 0 Å². The Labute approximate surface area is 341 Å². The lowest BCUT2D eigenvalue weighted by Gasteiger charge is -2.32. The van der Waals surface area contributed by atoms with E-state index < -0.39 is 0 Å². The van der Waals surface area contributed by atoms with Gasteiger partial charge in [0.1, 0.15) is 23.7 Å². The molecule has 298 valence electrons. The number of nitrogens with zero attached hydrogens (tertiary/aromatic N) is 6. The number of hydrogen-bond donors (Lipinski definition) is 2. The van der Waals surface area contributed by atoms with Crippen molar-refractivity contribution in [2.45, 2.75) is 63.7 Å². The summed E-state index contributed by atoms with van der Waals surface area (Å²) >= 11 is 0. The highest BCUT2D eigenvalue weighted by molar-refractivity contribution is 5.85. The summed E-state index contributed by atoms with van der Waals surface area (Å²) in [6.07, 6.45) is 7.44. The van der Waals surface area contributed by atoms with Crippen molar-refractivity contribution in [3.05, 3.63) is 144 Å². The fraction of sp³-hybridized carbons (Fsp3) is 0.333. The van der Waals surface area contributed by atoms with E-state index in [4.69, 9.17) is 9.97 Å². The number of benzene rings is 4. The highest BCUT2D eigenvalue weighted by atomic mass is 16.2. The Bertz CT molecular complexity index is 2120. The maximum atomic E-state index is 14.1. The van der Waals surface area contributed by atoms with Crippen LogP contribution in [0.3, 0.4) is 0 Å². The minimum Gasteiger partial charge on any atom is -0.340 e. The topological polar surface area (TPSA) is 104 Å². The Kier molecular flexibility index (Phi) is 11.7. The van der Waals surface area contributed by atoms with Gasteiger partial charge in [0, 0.05) is 13.1 Å². The van der Waals surface area contributed by atoms with E-state index in [0.29, 0.717) is 0 Å². The standard InChI is InChI=1S/C48H54N8O2/c1-5-53(3)43(37-15-9-7-10-16-37)47(57)55-29-13-19-41(55)45-49-31-39(51-45)35-25-21-33(22-26-35)34-23-27-36(28-24-34)40-32-50-46(52-40)42-20-14-30-56(42)48(58)44(54(4)6-2)38-17-11-8-12-18-38/h7-12,15-18,21-28,31-32,41-44H,5-6,13-14,19-20,29-30H2,1-4H3,(H,49,51)(H,50,52)/t41-,42-,43+,44+/m0/s1. The molecule has 2 amide bonds. The molecule has 8 rings (SSSR count). The minimum absolute atomic E-state index is 0.0825. The van der Waals surface area contributed by atoms with Crippen LogP contribution < -0.4 is 0 Å². The second-order valence-corrected chi connectivity index (χ2v) is 15.7. The van der Waals surface area contributed by atoms with Gasteiger partial charge in [0.25, 0.3) is 0 Å². The van der Waals surface area contributed by atoms with Crippen LogP contribution in [0.4, 0.5) is 0 Å². The lowest BCUT2D eigenvalue weighted by molar-refractivity contribution is -0.138. The molecule has 2 fully saturated rings. The molecule has 2 aliphatic heterocycles. The number of nitrogens with one attached hydrogen (secondary N) is 2. The van der Waals surface area contributed by atoms with Crippen LogP contribution in [0.15, 0.2) is 122 Å². The fourth-order valence-electron chi connectivity index (χ4n) is 8.74. The van der Waals surface area contributed by atoms with Crippen LogP contribution in [0.2, 0.25) is 0 Å². The Morgan fingerprint density at radius 1 is 0.586 bits per heavy atom. The van der Waals surface area contributed by atoms with Crippen LogP contribution in [0.25, 0.3) is 33.6 Å². The van der Waals surface area contributed by atoms with E-state index in [-0.39, 0.29) is 36.0 Å².